The fourth-order valence-corrected chi connectivity index (χ4v) is 0.644. The molecule has 0 saturated heterocycles. The fraction of sp³-hybridized carbons (Fsp3) is 0.667. The van der Waals surface area contributed by atoms with Crippen LogP contribution in [-0.2, 0) is 19.1 Å². The fourth-order valence-electron chi connectivity index (χ4n) is 0.644. The zero-order chi connectivity index (χ0) is 10.6. The first-order valence-corrected chi connectivity index (χ1v) is 3.98. The van der Waals surface area contributed by atoms with E-state index in [1.165, 1.54) is 0 Å². The Hall–Kier alpha value is -0.424. The van der Waals surface area contributed by atoms with Crippen molar-refractivity contribution >= 4 is 40.8 Å². The van der Waals surface area contributed by atoms with Crippen molar-refractivity contribution in [2.45, 2.75) is 34.1 Å². The molecule has 0 radical (unpaired) electrons. The van der Waals surface area contributed by atoms with E-state index in [1.807, 2.05) is 20.8 Å². The van der Waals surface area contributed by atoms with E-state index >= 15 is 0 Å². The van der Waals surface area contributed by atoms with Gasteiger partial charge in [-0.2, -0.15) is 0 Å². The van der Waals surface area contributed by atoms with E-state index in [2.05, 4.69) is 4.74 Å². The summed E-state index contributed by atoms with van der Waals surface area (Å²) in [7, 11) is 0. The summed E-state index contributed by atoms with van der Waals surface area (Å²) in [5.74, 6) is -2.51. The van der Waals surface area contributed by atoms with Crippen LogP contribution < -0.4 is 0 Å². The van der Waals surface area contributed by atoms with Gasteiger partial charge in [-0.25, -0.2) is 4.79 Å². The molecule has 14 heavy (non-hydrogen) atoms. The maximum Gasteiger partial charge on any atom is 2.00 e. The molecule has 0 bridgehead atoms. The van der Waals surface area contributed by atoms with Crippen molar-refractivity contribution in [3.05, 3.63) is 0 Å². The Labute approximate surface area is 102 Å². The smallest absolute Gasteiger partial charge is 1.00 e. The number of rotatable bonds is 2. The molecular formula is C9H16MgO4. The van der Waals surface area contributed by atoms with Gasteiger partial charge in [-0.1, -0.05) is 20.8 Å². The van der Waals surface area contributed by atoms with Gasteiger partial charge in [0, 0.05) is 6.92 Å². The molecular weight excluding hydrogens is 196 g/mol. The van der Waals surface area contributed by atoms with Crippen LogP contribution in [0.4, 0.5) is 0 Å². The average molecular weight is 213 g/mol. The van der Waals surface area contributed by atoms with Crippen LogP contribution in [0.25, 0.3) is 0 Å². The van der Waals surface area contributed by atoms with Crippen molar-refractivity contribution < 1.29 is 22.0 Å². The number of ether oxygens (including phenoxy) is 1. The maximum atomic E-state index is 11.0. The quantitative estimate of drug-likeness (QED) is 0.296. The number of carbonyl (C=O) groups is 3. The molecule has 0 aliphatic carbocycles. The molecule has 0 aromatic carbocycles. The van der Waals surface area contributed by atoms with Gasteiger partial charge in [0.15, 0.2) is 0 Å². The predicted molar refractivity (Wildman–Crippen MR) is 53.8 cm³/mol. The van der Waals surface area contributed by atoms with Crippen molar-refractivity contribution in [1.29, 1.82) is 0 Å². The first-order valence-electron chi connectivity index (χ1n) is 3.98. The Kier molecular flexibility index (Phi) is 7.02. The Bertz CT molecular complexity index is 248. The number of esters is 2. The number of Topliss-reactive ketones (excluding diaryl/α,β-unsaturated/α-hetero) is 1. The minimum atomic E-state index is -1.09. The van der Waals surface area contributed by atoms with Crippen molar-refractivity contribution in [3.63, 3.8) is 0 Å². The third-order valence-corrected chi connectivity index (χ3v) is 1.17. The first kappa shape index (κ1) is 16.0. The summed E-state index contributed by atoms with van der Waals surface area (Å²) in [6.45, 7) is 6.58. The summed E-state index contributed by atoms with van der Waals surface area (Å²) in [5.41, 5.74) is -0.242. The topological polar surface area (TPSA) is 60.4 Å². The van der Waals surface area contributed by atoms with Crippen molar-refractivity contribution in [2.24, 2.45) is 5.41 Å². The van der Waals surface area contributed by atoms with E-state index in [4.69, 9.17) is 0 Å². The van der Waals surface area contributed by atoms with Crippen LogP contribution in [0.15, 0.2) is 0 Å². The number of hydrogen-bond donors (Lipinski definition) is 0. The van der Waals surface area contributed by atoms with Gasteiger partial charge in [-0.3, -0.25) is 9.59 Å². The van der Waals surface area contributed by atoms with Gasteiger partial charge in [0.05, 0.1) is 6.42 Å². The van der Waals surface area contributed by atoms with Gasteiger partial charge in [0.1, 0.15) is 0 Å². The zero-order valence-electron chi connectivity index (χ0n) is 11.0. The second-order valence-corrected chi connectivity index (χ2v) is 4.06. The van der Waals surface area contributed by atoms with Gasteiger partial charge in [0.2, 0.25) is 5.78 Å². The van der Waals surface area contributed by atoms with Crippen LogP contribution in [-0.4, -0.2) is 40.8 Å². The molecule has 0 heterocycles. The molecule has 0 saturated carbocycles. The molecule has 0 spiro atoms. The molecule has 0 N–H and O–H groups in total. The molecule has 0 fully saturated rings. The van der Waals surface area contributed by atoms with Gasteiger partial charge < -0.3 is 7.59 Å². The molecule has 0 aliphatic heterocycles. The van der Waals surface area contributed by atoms with E-state index in [0.29, 0.717) is 0 Å². The van der Waals surface area contributed by atoms with Crippen LogP contribution in [0, 0.1) is 5.41 Å². The second-order valence-electron chi connectivity index (χ2n) is 4.06. The van der Waals surface area contributed by atoms with E-state index in [9.17, 15) is 14.4 Å². The monoisotopic (exact) mass is 212 g/mol. The van der Waals surface area contributed by atoms with E-state index in [0.717, 1.165) is 6.92 Å². The molecule has 78 valence electrons. The van der Waals surface area contributed by atoms with Gasteiger partial charge >= 0.3 is 35.0 Å². The van der Waals surface area contributed by atoms with E-state index < -0.39 is 17.7 Å². The normalized spacial score (nSPS) is 10.0. The molecule has 0 rings (SSSR count). The van der Waals surface area contributed by atoms with Crippen LogP contribution in [0.2, 0.25) is 0 Å². The summed E-state index contributed by atoms with van der Waals surface area (Å²) in [6.07, 6.45) is 0.117. The molecule has 0 aromatic rings. The number of hydrogen-bond acceptors (Lipinski definition) is 4. The molecule has 0 amide bonds. The van der Waals surface area contributed by atoms with Crippen LogP contribution in [0.3, 0.4) is 0 Å². The molecule has 5 heteroatoms. The molecule has 0 unspecified atom stereocenters. The first-order chi connectivity index (χ1) is 5.72. The molecule has 0 aliphatic rings. The Morgan fingerprint density at radius 2 is 1.64 bits per heavy atom. The van der Waals surface area contributed by atoms with Gasteiger partial charge in [0.25, 0.3) is 0 Å². The van der Waals surface area contributed by atoms with Crippen molar-refractivity contribution in [2.75, 3.05) is 0 Å². The maximum absolute atomic E-state index is 11.0. The Morgan fingerprint density at radius 3 is 1.93 bits per heavy atom. The Morgan fingerprint density at radius 1 is 1.21 bits per heavy atom. The Balaban J connectivity index is -0.000000240. The third kappa shape index (κ3) is 8.19. The van der Waals surface area contributed by atoms with Gasteiger partial charge in [-0.05, 0) is 5.41 Å². The van der Waals surface area contributed by atoms with Gasteiger partial charge in [-0.15, -0.1) is 0 Å². The second kappa shape index (κ2) is 6.13. The van der Waals surface area contributed by atoms with Crippen LogP contribution in [0.5, 0.6) is 0 Å². The van der Waals surface area contributed by atoms with E-state index in [-0.39, 0.29) is 37.7 Å². The summed E-state index contributed by atoms with van der Waals surface area (Å²) in [5, 5.41) is 0. The van der Waals surface area contributed by atoms with Crippen molar-refractivity contribution in [3.8, 4) is 0 Å². The average Bonchev–Trinajstić information content (AvgIpc) is 1.81. The standard InChI is InChI=1S/C9H14O4.Mg.2H/c1-6(10)8(12)13-7(11)5-9(2,3)4;;;/h5H2,1-4H3;;;/q;+2;2*-1. The number of ketones is 1. The number of carbonyl (C=O) groups excluding carboxylic acids is 3. The summed E-state index contributed by atoms with van der Waals surface area (Å²) >= 11 is 0. The minimum Gasteiger partial charge on any atom is -1.00 e. The molecule has 0 aromatic heterocycles. The van der Waals surface area contributed by atoms with Crippen LogP contribution in [0.1, 0.15) is 37.0 Å². The molecule has 4 nitrogen and oxygen atoms in total. The summed E-state index contributed by atoms with van der Waals surface area (Å²) < 4.78 is 4.26. The van der Waals surface area contributed by atoms with Crippen LogP contribution >= 0.6 is 0 Å². The minimum absolute atomic E-state index is 0. The summed E-state index contributed by atoms with van der Waals surface area (Å²) in [4.78, 5) is 32.0. The SMILES string of the molecule is CC(=O)C(=O)OC(=O)CC(C)(C)C.[H-].[H-].[Mg+2]. The van der Waals surface area contributed by atoms with E-state index in [1.54, 1.807) is 0 Å². The third-order valence-electron chi connectivity index (χ3n) is 1.17. The zero-order valence-corrected chi connectivity index (χ0v) is 10.5. The largest absolute Gasteiger partial charge is 2.00 e. The molecule has 0 atom stereocenters. The van der Waals surface area contributed by atoms with Crippen molar-refractivity contribution in [1.82, 2.24) is 0 Å². The summed E-state index contributed by atoms with van der Waals surface area (Å²) in [6, 6.07) is 0. The predicted octanol–water partition coefficient (Wildman–Crippen LogP) is 0.926.